The second-order valence-electron chi connectivity index (χ2n) is 9.12. The zero-order valence-corrected chi connectivity index (χ0v) is 18.6. The minimum Gasteiger partial charge on any atom is -0.462 e. The van der Waals surface area contributed by atoms with Crippen LogP contribution in [0, 0.1) is 23.7 Å². The maximum atomic E-state index is 12.5. The topological polar surface area (TPSA) is 81.7 Å². The van der Waals surface area contributed by atoms with Gasteiger partial charge >= 0.3 is 11.9 Å². The number of carbonyl (C=O) groups is 3. The molecule has 3 aliphatic carbocycles. The Balaban J connectivity index is 1.35. The van der Waals surface area contributed by atoms with Gasteiger partial charge < -0.3 is 14.8 Å². The molecule has 1 aromatic heterocycles. The van der Waals surface area contributed by atoms with Gasteiger partial charge in [0.2, 0.25) is 0 Å². The van der Waals surface area contributed by atoms with Gasteiger partial charge in [0.25, 0.3) is 5.91 Å². The summed E-state index contributed by atoms with van der Waals surface area (Å²) in [6, 6.07) is 0. The molecule has 0 spiro atoms. The molecule has 0 radical (unpaired) electrons. The molecule has 1 heterocycles. The van der Waals surface area contributed by atoms with Gasteiger partial charge in [-0.25, -0.2) is 4.79 Å². The van der Waals surface area contributed by atoms with Crippen LogP contribution in [0.1, 0.15) is 73.2 Å². The zero-order valence-electron chi connectivity index (χ0n) is 17.8. The van der Waals surface area contributed by atoms with Gasteiger partial charge in [-0.2, -0.15) is 0 Å². The van der Waals surface area contributed by atoms with E-state index < -0.39 is 11.9 Å². The Morgan fingerprint density at radius 1 is 1.13 bits per heavy atom. The van der Waals surface area contributed by atoms with Crippen molar-refractivity contribution in [3.05, 3.63) is 16.0 Å². The minimum atomic E-state index is -0.409. The number of fused-ring (bicyclic) bond motifs is 3. The fourth-order valence-electron chi connectivity index (χ4n) is 5.47. The van der Waals surface area contributed by atoms with E-state index in [0.29, 0.717) is 34.7 Å². The van der Waals surface area contributed by atoms with Crippen LogP contribution in [0.3, 0.4) is 0 Å². The van der Waals surface area contributed by atoms with E-state index in [1.54, 1.807) is 6.92 Å². The number of amides is 1. The molecule has 164 valence electrons. The summed E-state index contributed by atoms with van der Waals surface area (Å²) in [6.07, 6.45) is 8.03. The van der Waals surface area contributed by atoms with Crippen molar-refractivity contribution in [2.75, 3.05) is 18.5 Å². The molecular weight excluding hydrogens is 402 g/mol. The Morgan fingerprint density at radius 3 is 2.67 bits per heavy atom. The van der Waals surface area contributed by atoms with E-state index in [1.165, 1.54) is 30.6 Å². The molecule has 1 aromatic rings. The average molecular weight is 434 g/mol. The number of ether oxygens (including phenoxy) is 2. The highest BCUT2D eigenvalue weighted by atomic mass is 32.1. The molecule has 2 fully saturated rings. The Kier molecular flexibility index (Phi) is 6.46. The lowest BCUT2D eigenvalue weighted by Gasteiger charge is -2.20. The van der Waals surface area contributed by atoms with Crippen molar-refractivity contribution in [1.29, 1.82) is 0 Å². The SMILES string of the molecule is CCOC(=O)c1c(NC(=O)COC(=O)C[C@H]2C[C@H]3CC[C@H]2C3)sc2c1CC[C@@H](C)C2. The quantitative estimate of drug-likeness (QED) is 0.646. The number of anilines is 1. The number of esters is 2. The summed E-state index contributed by atoms with van der Waals surface area (Å²) in [6.45, 7) is 3.93. The molecule has 7 heteroatoms. The molecule has 1 N–H and O–H groups in total. The lowest BCUT2D eigenvalue weighted by molar-refractivity contribution is -0.148. The molecule has 3 aliphatic rings. The molecule has 0 unspecified atom stereocenters. The number of hydrogen-bond donors (Lipinski definition) is 1. The van der Waals surface area contributed by atoms with Crippen molar-refractivity contribution >= 4 is 34.2 Å². The van der Waals surface area contributed by atoms with Gasteiger partial charge in [-0.1, -0.05) is 13.3 Å². The summed E-state index contributed by atoms with van der Waals surface area (Å²) in [7, 11) is 0. The van der Waals surface area contributed by atoms with E-state index in [-0.39, 0.29) is 19.2 Å². The van der Waals surface area contributed by atoms with Crippen molar-refractivity contribution in [1.82, 2.24) is 0 Å². The maximum Gasteiger partial charge on any atom is 0.341 e. The molecule has 2 saturated carbocycles. The van der Waals surface area contributed by atoms with E-state index in [9.17, 15) is 14.4 Å². The summed E-state index contributed by atoms with van der Waals surface area (Å²) < 4.78 is 10.5. The first-order valence-electron chi connectivity index (χ1n) is 11.2. The van der Waals surface area contributed by atoms with Crippen LogP contribution in [-0.4, -0.2) is 31.1 Å². The molecular formula is C23H31NO5S. The normalized spacial score (nSPS) is 26.9. The smallest absolute Gasteiger partial charge is 0.341 e. The monoisotopic (exact) mass is 433 g/mol. The van der Waals surface area contributed by atoms with E-state index in [1.807, 2.05) is 0 Å². The van der Waals surface area contributed by atoms with Crippen LogP contribution >= 0.6 is 11.3 Å². The largest absolute Gasteiger partial charge is 0.462 e. The molecule has 0 aliphatic heterocycles. The molecule has 4 rings (SSSR count). The van der Waals surface area contributed by atoms with Crippen LogP contribution in [0.15, 0.2) is 0 Å². The summed E-state index contributed by atoms with van der Waals surface area (Å²) in [5.41, 5.74) is 1.48. The van der Waals surface area contributed by atoms with Crippen molar-refractivity contribution in [2.24, 2.45) is 23.7 Å². The fraction of sp³-hybridized carbons (Fsp3) is 0.696. The zero-order chi connectivity index (χ0) is 21.3. The summed E-state index contributed by atoms with van der Waals surface area (Å²) >= 11 is 1.44. The summed E-state index contributed by atoms with van der Waals surface area (Å²) in [5.74, 6) is 1.31. The number of hydrogen-bond acceptors (Lipinski definition) is 6. The van der Waals surface area contributed by atoms with Crippen molar-refractivity contribution in [2.45, 2.75) is 65.2 Å². The summed E-state index contributed by atoms with van der Waals surface area (Å²) in [5, 5.41) is 3.31. The first kappa shape index (κ1) is 21.3. The highest BCUT2D eigenvalue weighted by molar-refractivity contribution is 7.17. The van der Waals surface area contributed by atoms with E-state index >= 15 is 0 Å². The van der Waals surface area contributed by atoms with Crippen LogP contribution in [0.25, 0.3) is 0 Å². The average Bonchev–Trinajstić information content (AvgIpc) is 3.40. The van der Waals surface area contributed by atoms with Crippen molar-refractivity contribution < 1.29 is 23.9 Å². The van der Waals surface area contributed by atoms with Gasteiger partial charge in [0.05, 0.1) is 12.2 Å². The third kappa shape index (κ3) is 4.56. The lowest BCUT2D eigenvalue weighted by atomic mass is 9.86. The molecule has 0 aromatic carbocycles. The minimum absolute atomic E-state index is 0.286. The Hall–Kier alpha value is -1.89. The number of thiophene rings is 1. The molecule has 1 amide bonds. The third-order valence-electron chi connectivity index (χ3n) is 6.92. The second-order valence-corrected chi connectivity index (χ2v) is 10.2. The van der Waals surface area contributed by atoms with Crippen LogP contribution in [0.2, 0.25) is 0 Å². The first-order valence-corrected chi connectivity index (χ1v) is 12.0. The molecule has 0 saturated heterocycles. The highest BCUT2D eigenvalue weighted by Gasteiger charge is 2.40. The number of nitrogens with one attached hydrogen (secondary N) is 1. The Bertz CT molecular complexity index is 832. The Labute approximate surface area is 181 Å². The van der Waals surface area contributed by atoms with Crippen LogP contribution in [-0.2, 0) is 31.9 Å². The van der Waals surface area contributed by atoms with Gasteiger partial charge in [-0.15, -0.1) is 11.3 Å². The highest BCUT2D eigenvalue weighted by Crippen LogP contribution is 2.49. The predicted octanol–water partition coefficient (Wildman–Crippen LogP) is 4.36. The number of carbonyl (C=O) groups excluding carboxylic acids is 3. The maximum absolute atomic E-state index is 12.5. The van der Waals surface area contributed by atoms with Gasteiger partial charge in [0.15, 0.2) is 6.61 Å². The van der Waals surface area contributed by atoms with E-state index in [0.717, 1.165) is 42.0 Å². The van der Waals surface area contributed by atoms with Crippen molar-refractivity contribution in [3.63, 3.8) is 0 Å². The third-order valence-corrected chi connectivity index (χ3v) is 8.09. The molecule has 4 atom stereocenters. The lowest BCUT2D eigenvalue weighted by Crippen LogP contribution is -2.23. The van der Waals surface area contributed by atoms with Crippen LogP contribution in [0.5, 0.6) is 0 Å². The Morgan fingerprint density at radius 2 is 1.97 bits per heavy atom. The van der Waals surface area contributed by atoms with E-state index in [4.69, 9.17) is 9.47 Å². The van der Waals surface area contributed by atoms with Crippen molar-refractivity contribution in [3.8, 4) is 0 Å². The van der Waals surface area contributed by atoms with Gasteiger partial charge in [0.1, 0.15) is 5.00 Å². The van der Waals surface area contributed by atoms with Gasteiger partial charge in [-0.05, 0) is 74.7 Å². The first-order chi connectivity index (χ1) is 14.4. The fourth-order valence-corrected chi connectivity index (χ4v) is 6.88. The molecule has 2 bridgehead atoms. The van der Waals surface area contributed by atoms with Crippen LogP contribution < -0.4 is 5.32 Å². The van der Waals surface area contributed by atoms with Gasteiger partial charge in [0, 0.05) is 11.3 Å². The second kappa shape index (κ2) is 9.08. The molecule has 30 heavy (non-hydrogen) atoms. The summed E-state index contributed by atoms with van der Waals surface area (Å²) in [4.78, 5) is 38.3. The van der Waals surface area contributed by atoms with Crippen LogP contribution in [0.4, 0.5) is 5.00 Å². The number of rotatable bonds is 7. The van der Waals surface area contributed by atoms with E-state index in [2.05, 4.69) is 12.2 Å². The standard InChI is InChI=1S/C23H31NO5S/c1-3-28-23(27)21-17-7-4-13(2)8-18(17)30-22(21)24-19(25)12-29-20(26)11-16-10-14-5-6-15(16)9-14/h13-16H,3-12H2,1-2H3,(H,24,25)/t13-,14+,15+,16-/m1/s1. The molecule has 6 nitrogen and oxygen atoms in total. The van der Waals surface area contributed by atoms with Gasteiger partial charge in [-0.3, -0.25) is 9.59 Å². The predicted molar refractivity (Wildman–Crippen MR) is 115 cm³/mol.